The Morgan fingerprint density at radius 1 is 0.760 bits per heavy atom. The standard InChI is InChI=1S/C23H20NO/c1-24(22-13-7-8-14-23(22)25-2)16-21-19-11-5-3-9-17(19)15-18-10-4-6-12-20(18)21/h3-16H,1-2H3/q+1. The molecule has 0 aromatic heterocycles. The first-order chi connectivity index (χ1) is 12.3. The van der Waals surface area contributed by atoms with E-state index in [0.29, 0.717) is 0 Å². The van der Waals surface area contributed by atoms with E-state index in [2.05, 4.69) is 78.5 Å². The van der Waals surface area contributed by atoms with Crippen molar-refractivity contribution in [3.05, 3.63) is 84.4 Å². The normalized spacial score (nSPS) is 11.8. The zero-order valence-corrected chi connectivity index (χ0v) is 14.4. The Morgan fingerprint density at radius 3 is 1.96 bits per heavy atom. The quantitative estimate of drug-likeness (QED) is 0.279. The Bertz CT molecular complexity index is 1040. The van der Waals surface area contributed by atoms with Crippen LogP contribution in [0.3, 0.4) is 0 Å². The number of fused-ring (bicyclic) bond motifs is 2. The molecule has 4 aromatic carbocycles. The van der Waals surface area contributed by atoms with E-state index in [-0.39, 0.29) is 0 Å². The average Bonchev–Trinajstić information content (AvgIpc) is 2.67. The number of hydrogen-bond donors (Lipinski definition) is 0. The molecule has 0 radical (unpaired) electrons. The SMILES string of the molecule is COc1ccccc1[N+](C)=Cc1c2ccccc2cc2ccccc12. The summed E-state index contributed by atoms with van der Waals surface area (Å²) < 4.78 is 7.65. The molecule has 0 N–H and O–H groups in total. The van der Waals surface area contributed by atoms with Gasteiger partial charge in [-0.25, -0.2) is 0 Å². The molecule has 0 spiro atoms. The Kier molecular flexibility index (Phi) is 3.95. The van der Waals surface area contributed by atoms with E-state index < -0.39 is 0 Å². The van der Waals surface area contributed by atoms with Crippen molar-refractivity contribution in [2.24, 2.45) is 0 Å². The lowest BCUT2D eigenvalue weighted by Gasteiger charge is -2.08. The molecule has 0 aliphatic rings. The van der Waals surface area contributed by atoms with Crippen LogP contribution >= 0.6 is 0 Å². The molecule has 4 aromatic rings. The van der Waals surface area contributed by atoms with E-state index in [1.165, 1.54) is 27.1 Å². The highest BCUT2D eigenvalue weighted by atomic mass is 16.5. The van der Waals surface area contributed by atoms with Crippen LogP contribution in [0.15, 0.2) is 78.9 Å². The van der Waals surface area contributed by atoms with Crippen molar-refractivity contribution in [3.8, 4) is 5.75 Å². The second-order valence-electron chi connectivity index (χ2n) is 6.14. The van der Waals surface area contributed by atoms with Crippen LogP contribution in [-0.4, -0.2) is 24.9 Å². The molecular weight excluding hydrogens is 306 g/mol. The number of rotatable bonds is 3. The topological polar surface area (TPSA) is 12.2 Å². The van der Waals surface area contributed by atoms with Crippen LogP contribution in [-0.2, 0) is 0 Å². The molecule has 0 amide bonds. The fourth-order valence-electron chi connectivity index (χ4n) is 3.37. The predicted octanol–water partition coefficient (Wildman–Crippen LogP) is 5.39. The number of hydrogen-bond acceptors (Lipinski definition) is 1. The van der Waals surface area contributed by atoms with E-state index >= 15 is 0 Å². The van der Waals surface area contributed by atoms with E-state index in [0.717, 1.165) is 11.4 Å². The molecule has 0 fully saturated rings. The van der Waals surface area contributed by atoms with Crippen molar-refractivity contribution in [2.75, 3.05) is 14.2 Å². The maximum Gasteiger partial charge on any atom is 0.247 e. The first-order valence-corrected chi connectivity index (χ1v) is 8.39. The highest BCUT2D eigenvalue weighted by Gasteiger charge is 2.14. The Balaban J connectivity index is 2.01. The van der Waals surface area contributed by atoms with Crippen molar-refractivity contribution in [3.63, 3.8) is 0 Å². The summed E-state index contributed by atoms with van der Waals surface area (Å²) in [5, 5.41) is 5.01. The molecule has 0 aliphatic heterocycles. The molecule has 0 atom stereocenters. The van der Waals surface area contributed by atoms with Crippen LogP contribution < -0.4 is 4.74 Å². The van der Waals surface area contributed by atoms with Crippen LogP contribution in [0, 0.1) is 0 Å². The van der Waals surface area contributed by atoms with Crippen LogP contribution in [0.2, 0.25) is 0 Å². The van der Waals surface area contributed by atoms with Gasteiger partial charge in [-0.1, -0.05) is 60.7 Å². The predicted molar refractivity (Wildman–Crippen MR) is 105 cm³/mol. The van der Waals surface area contributed by atoms with E-state index in [1.807, 2.05) is 18.2 Å². The van der Waals surface area contributed by atoms with E-state index in [9.17, 15) is 0 Å². The Labute approximate surface area is 147 Å². The van der Waals surface area contributed by atoms with Gasteiger partial charge in [0.25, 0.3) is 0 Å². The number of methoxy groups -OCH3 is 1. The van der Waals surface area contributed by atoms with E-state index in [4.69, 9.17) is 4.74 Å². The molecule has 25 heavy (non-hydrogen) atoms. The van der Waals surface area contributed by atoms with Gasteiger partial charge < -0.3 is 4.74 Å². The number of para-hydroxylation sites is 2. The Morgan fingerprint density at radius 2 is 1.32 bits per heavy atom. The largest absolute Gasteiger partial charge is 0.490 e. The van der Waals surface area contributed by atoms with Gasteiger partial charge in [0, 0.05) is 6.07 Å². The molecule has 0 saturated carbocycles. The smallest absolute Gasteiger partial charge is 0.247 e. The molecular formula is C23H20NO+. The summed E-state index contributed by atoms with van der Waals surface area (Å²) in [6, 6.07) is 27.4. The van der Waals surface area contributed by atoms with Gasteiger partial charge in [-0.3, -0.25) is 0 Å². The van der Waals surface area contributed by atoms with Gasteiger partial charge in [0.2, 0.25) is 5.69 Å². The lowest BCUT2D eigenvalue weighted by atomic mass is 9.97. The lowest BCUT2D eigenvalue weighted by Crippen LogP contribution is -2.04. The summed E-state index contributed by atoms with van der Waals surface area (Å²) in [5.41, 5.74) is 2.27. The second kappa shape index (κ2) is 6.40. The first kappa shape index (κ1) is 15.4. The minimum atomic E-state index is 0.866. The molecule has 2 nitrogen and oxygen atoms in total. The molecule has 0 saturated heterocycles. The summed E-state index contributed by atoms with van der Waals surface area (Å²) in [6.07, 6.45) is 2.20. The summed E-state index contributed by atoms with van der Waals surface area (Å²) >= 11 is 0. The van der Waals surface area contributed by atoms with Gasteiger partial charge in [0.1, 0.15) is 7.05 Å². The van der Waals surface area contributed by atoms with E-state index in [1.54, 1.807) is 7.11 Å². The lowest BCUT2D eigenvalue weighted by molar-refractivity contribution is -0.399. The van der Waals surface area contributed by atoms with Crippen molar-refractivity contribution in [1.29, 1.82) is 0 Å². The van der Waals surface area contributed by atoms with Gasteiger partial charge in [-0.05, 0) is 33.7 Å². The molecule has 0 bridgehead atoms. The van der Waals surface area contributed by atoms with Crippen LogP contribution in [0.1, 0.15) is 5.56 Å². The van der Waals surface area contributed by atoms with Crippen molar-refractivity contribution in [2.45, 2.75) is 0 Å². The molecule has 0 unspecified atom stereocenters. The minimum absolute atomic E-state index is 0.866. The first-order valence-electron chi connectivity index (χ1n) is 8.39. The summed E-state index contributed by atoms with van der Waals surface area (Å²) in [4.78, 5) is 0. The Hall–Kier alpha value is -3.13. The van der Waals surface area contributed by atoms with Gasteiger partial charge in [0.05, 0.1) is 12.7 Å². The third-order valence-electron chi connectivity index (χ3n) is 4.60. The van der Waals surface area contributed by atoms with Crippen LogP contribution in [0.5, 0.6) is 5.75 Å². The average molecular weight is 326 g/mol. The number of ether oxygens (including phenoxy) is 1. The minimum Gasteiger partial charge on any atom is -0.490 e. The van der Waals surface area contributed by atoms with Crippen LogP contribution in [0.25, 0.3) is 21.5 Å². The van der Waals surface area contributed by atoms with Gasteiger partial charge in [-0.15, -0.1) is 0 Å². The summed E-state index contributed by atoms with van der Waals surface area (Å²) in [5.74, 6) is 0.866. The zero-order chi connectivity index (χ0) is 17.2. The van der Waals surface area contributed by atoms with Gasteiger partial charge in [-0.2, -0.15) is 4.58 Å². The number of nitrogens with zero attached hydrogens (tertiary/aromatic N) is 1. The molecule has 2 heteroatoms. The molecule has 0 aliphatic carbocycles. The second-order valence-corrected chi connectivity index (χ2v) is 6.14. The molecule has 122 valence electrons. The van der Waals surface area contributed by atoms with Crippen molar-refractivity contribution in [1.82, 2.24) is 0 Å². The van der Waals surface area contributed by atoms with Crippen molar-refractivity contribution < 1.29 is 9.31 Å². The molecule has 4 rings (SSSR count). The van der Waals surface area contributed by atoms with Crippen LogP contribution in [0.4, 0.5) is 5.69 Å². The summed E-state index contributed by atoms with van der Waals surface area (Å²) in [6.45, 7) is 0. The van der Waals surface area contributed by atoms with Gasteiger partial charge >= 0.3 is 0 Å². The zero-order valence-electron chi connectivity index (χ0n) is 14.4. The monoisotopic (exact) mass is 326 g/mol. The fourth-order valence-corrected chi connectivity index (χ4v) is 3.37. The maximum atomic E-state index is 5.52. The maximum absolute atomic E-state index is 5.52. The fraction of sp³-hybridized carbons (Fsp3) is 0.0870. The summed E-state index contributed by atoms with van der Waals surface area (Å²) in [7, 11) is 3.77. The molecule has 0 heterocycles. The van der Waals surface area contributed by atoms with Crippen molar-refractivity contribution >= 4 is 33.4 Å². The highest BCUT2D eigenvalue weighted by molar-refractivity contribution is 6.12. The van der Waals surface area contributed by atoms with Gasteiger partial charge in [0.15, 0.2) is 12.0 Å². The number of benzene rings is 4. The third kappa shape index (κ3) is 2.76. The third-order valence-corrected chi connectivity index (χ3v) is 4.60. The highest BCUT2D eigenvalue weighted by Crippen LogP contribution is 2.29.